The van der Waals surface area contributed by atoms with Gasteiger partial charge >= 0.3 is 0 Å². The summed E-state index contributed by atoms with van der Waals surface area (Å²) in [5, 5.41) is 0. The third-order valence-corrected chi connectivity index (χ3v) is 7.20. The first-order valence-electron chi connectivity index (χ1n) is 10.5. The van der Waals surface area contributed by atoms with Crippen molar-refractivity contribution in [1.29, 1.82) is 0 Å². The normalized spacial score (nSPS) is 11.4. The predicted molar refractivity (Wildman–Crippen MR) is 129 cm³/mol. The summed E-state index contributed by atoms with van der Waals surface area (Å²) >= 11 is 0. The first-order chi connectivity index (χ1) is 15.8. The standard InChI is InChI=1S/C25H25FN4O2S/c1-28(2)23-10-12-24(13-11-23)30(17-16-29-15-14-27-19-29)33(31,32)25-5-3-4-21(18-25)20-6-8-22(26)9-7-20/h3-15,18-19H,16-17H2,1-2H3. The van der Waals surface area contributed by atoms with E-state index in [1.54, 1.807) is 49.1 Å². The highest BCUT2D eigenvalue weighted by atomic mass is 32.2. The van der Waals surface area contributed by atoms with Crippen molar-refractivity contribution in [2.45, 2.75) is 11.4 Å². The molecule has 1 aromatic heterocycles. The number of imidazole rings is 1. The van der Waals surface area contributed by atoms with Gasteiger partial charge in [0.2, 0.25) is 0 Å². The minimum atomic E-state index is -3.87. The number of anilines is 2. The van der Waals surface area contributed by atoms with E-state index in [-0.39, 0.29) is 17.3 Å². The quantitative estimate of drug-likeness (QED) is 0.381. The molecule has 4 rings (SSSR count). The van der Waals surface area contributed by atoms with Crippen molar-refractivity contribution >= 4 is 21.4 Å². The van der Waals surface area contributed by atoms with E-state index in [9.17, 15) is 12.8 Å². The van der Waals surface area contributed by atoms with Gasteiger partial charge in [0.25, 0.3) is 10.0 Å². The van der Waals surface area contributed by atoms with Crippen molar-refractivity contribution in [3.05, 3.63) is 97.3 Å². The average molecular weight is 465 g/mol. The molecule has 0 saturated carbocycles. The Morgan fingerprint density at radius 1 is 0.909 bits per heavy atom. The van der Waals surface area contributed by atoms with Gasteiger partial charge in [0.1, 0.15) is 5.82 Å². The molecule has 0 bridgehead atoms. The number of rotatable bonds is 8. The van der Waals surface area contributed by atoms with Crippen LogP contribution in [0.5, 0.6) is 0 Å². The minimum Gasteiger partial charge on any atom is -0.378 e. The molecule has 0 spiro atoms. The molecule has 4 aromatic rings. The molecule has 0 aliphatic rings. The van der Waals surface area contributed by atoms with Crippen LogP contribution in [0.25, 0.3) is 11.1 Å². The highest BCUT2D eigenvalue weighted by Gasteiger charge is 2.25. The molecule has 0 amide bonds. The Kier molecular flexibility index (Phi) is 6.46. The van der Waals surface area contributed by atoms with Crippen molar-refractivity contribution in [2.24, 2.45) is 0 Å². The molecule has 0 N–H and O–H groups in total. The monoisotopic (exact) mass is 464 g/mol. The van der Waals surface area contributed by atoms with Crippen molar-refractivity contribution in [3.8, 4) is 11.1 Å². The lowest BCUT2D eigenvalue weighted by atomic mass is 10.1. The lowest BCUT2D eigenvalue weighted by molar-refractivity contribution is 0.585. The molecule has 8 heteroatoms. The lowest BCUT2D eigenvalue weighted by Crippen LogP contribution is -2.34. The van der Waals surface area contributed by atoms with Crippen molar-refractivity contribution in [2.75, 3.05) is 29.8 Å². The number of halogens is 1. The summed E-state index contributed by atoms with van der Waals surface area (Å²) in [7, 11) is 0.000881. The van der Waals surface area contributed by atoms with E-state index >= 15 is 0 Å². The zero-order valence-electron chi connectivity index (χ0n) is 18.5. The van der Waals surface area contributed by atoms with Crippen LogP contribution in [0.3, 0.4) is 0 Å². The molecule has 0 saturated heterocycles. The van der Waals surface area contributed by atoms with Gasteiger partial charge in [-0.05, 0) is 59.7 Å². The average Bonchev–Trinajstić information content (AvgIpc) is 3.34. The Morgan fingerprint density at radius 2 is 1.61 bits per heavy atom. The molecular formula is C25H25FN4O2S. The summed E-state index contributed by atoms with van der Waals surface area (Å²) in [5.41, 5.74) is 3.00. The maximum Gasteiger partial charge on any atom is 0.264 e. The fraction of sp³-hybridized carbons (Fsp3) is 0.160. The van der Waals surface area contributed by atoms with Crippen LogP contribution in [0.1, 0.15) is 0 Å². The maximum atomic E-state index is 13.8. The van der Waals surface area contributed by atoms with Gasteiger partial charge in [0.05, 0.1) is 23.5 Å². The molecular weight excluding hydrogens is 439 g/mol. The van der Waals surface area contributed by atoms with Gasteiger partial charge in [-0.25, -0.2) is 17.8 Å². The zero-order chi connectivity index (χ0) is 23.4. The Balaban J connectivity index is 1.71. The van der Waals surface area contributed by atoms with E-state index in [1.165, 1.54) is 16.4 Å². The van der Waals surface area contributed by atoms with Crippen LogP contribution in [0.4, 0.5) is 15.8 Å². The summed E-state index contributed by atoms with van der Waals surface area (Å²) in [6.45, 7) is 0.688. The van der Waals surface area contributed by atoms with Crippen LogP contribution in [0.15, 0.2) is 96.4 Å². The SMILES string of the molecule is CN(C)c1ccc(N(CCn2ccnc2)S(=O)(=O)c2cccc(-c3ccc(F)cc3)c2)cc1. The predicted octanol–water partition coefficient (Wildman–Crippen LogP) is 4.65. The number of hydrogen-bond acceptors (Lipinski definition) is 4. The smallest absolute Gasteiger partial charge is 0.264 e. The first-order valence-corrected chi connectivity index (χ1v) is 11.9. The molecule has 6 nitrogen and oxygen atoms in total. The summed E-state index contributed by atoms with van der Waals surface area (Å²) in [6.07, 6.45) is 5.13. The molecule has 1 heterocycles. The van der Waals surface area contributed by atoms with Crippen LogP contribution in [-0.2, 0) is 16.6 Å². The van der Waals surface area contributed by atoms with Crippen LogP contribution < -0.4 is 9.21 Å². The maximum absolute atomic E-state index is 13.8. The molecule has 0 unspecified atom stereocenters. The van der Waals surface area contributed by atoms with Gasteiger partial charge in [-0.1, -0.05) is 24.3 Å². The van der Waals surface area contributed by atoms with Gasteiger partial charge < -0.3 is 9.47 Å². The van der Waals surface area contributed by atoms with Crippen molar-refractivity contribution < 1.29 is 12.8 Å². The Hall–Kier alpha value is -3.65. The van der Waals surface area contributed by atoms with Gasteiger partial charge in [-0.15, -0.1) is 0 Å². The van der Waals surface area contributed by atoms with Crippen LogP contribution >= 0.6 is 0 Å². The summed E-state index contributed by atoms with van der Waals surface area (Å²) < 4.78 is 44.1. The van der Waals surface area contributed by atoms with Crippen molar-refractivity contribution in [3.63, 3.8) is 0 Å². The number of benzene rings is 3. The van der Waals surface area contributed by atoms with Crippen molar-refractivity contribution in [1.82, 2.24) is 9.55 Å². The summed E-state index contributed by atoms with van der Waals surface area (Å²) in [6, 6.07) is 20.1. The molecule has 0 fully saturated rings. The number of hydrogen-bond donors (Lipinski definition) is 0. The highest BCUT2D eigenvalue weighted by Crippen LogP contribution is 2.29. The van der Waals surface area contributed by atoms with E-state index in [2.05, 4.69) is 4.98 Å². The van der Waals surface area contributed by atoms with Crippen LogP contribution in [0.2, 0.25) is 0 Å². The second kappa shape index (κ2) is 9.46. The fourth-order valence-corrected chi connectivity index (χ4v) is 5.04. The topological polar surface area (TPSA) is 58.4 Å². The fourth-order valence-electron chi connectivity index (χ4n) is 3.54. The third-order valence-electron chi connectivity index (χ3n) is 5.37. The Labute approximate surface area is 193 Å². The van der Waals surface area contributed by atoms with Gasteiger partial charge in [-0.3, -0.25) is 4.31 Å². The highest BCUT2D eigenvalue weighted by molar-refractivity contribution is 7.92. The van der Waals surface area contributed by atoms with E-state index in [0.717, 1.165) is 11.3 Å². The zero-order valence-corrected chi connectivity index (χ0v) is 19.3. The molecule has 0 atom stereocenters. The van der Waals surface area contributed by atoms with Gasteiger partial charge in [0, 0.05) is 38.7 Å². The van der Waals surface area contributed by atoms with Crippen LogP contribution in [0, 0.1) is 5.82 Å². The summed E-state index contributed by atoms with van der Waals surface area (Å²) in [4.78, 5) is 6.17. The number of nitrogens with zero attached hydrogens (tertiary/aromatic N) is 4. The van der Waals surface area contributed by atoms with E-state index < -0.39 is 10.0 Å². The lowest BCUT2D eigenvalue weighted by Gasteiger charge is -2.25. The molecule has 33 heavy (non-hydrogen) atoms. The Morgan fingerprint density at radius 3 is 2.24 bits per heavy atom. The second-order valence-corrected chi connectivity index (χ2v) is 9.69. The largest absolute Gasteiger partial charge is 0.378 e. The van der Waals surface area contributed by atoms with E-state index in [4.69, 9.17) is 0 Å². The number of aromatic nitrogens is 2. The van der Waals surface area contributed by atoms with Gasteiger partial charge in [-0.2, -0.15) is 0 Å². The molecule has 3 aromatic carbocycles. The third kappa shape index (κ3) is 5.06. The minimum absolute atomic E-state index is 0.173. The van der Waals surface area contributed by atoms with Crippen LogP contribution in [-0.4, -0.2) is 38.6 Å². The number of sulfonamides is 1. The molecule has 170 valence electrons. The van der Waals surface area contributed by atoms with E-state index in [0.29, 0.717) is 17.8 Å². The first kappa shape index (κ1) is 22.5. The second-order valence-electron chi connectivity index (χ2n) is 7.82. The van der Waals surface area contributed by atoms with Gasteiger partial charge in [0.15, 0.2) is 0 Å². The molecule has 0 aliphatic heterocycles. The molecule has 0 aliphatic carbocycles. The molecule has 0 radical (unpaired) electrons. The van der Waals surface area contributed by atoms with E-state index in [1.807, 2.05) is 53.9 Å². The Bertz CT molecular complexity index is 1300. The summed E-state index contributed by atoms with van der Waals surface area (Å²) in [5.74, 6) is -0.339.